The maximum atomic E-state index is 12.1. The molecule has 1 atom stereocenters. The molecule has 0 spiro atoms. The molecule has 1 saturated heterocycles. The highest BCUT2D eigenvalue weighted by Crippen LogP contribution is 2.27. The zero-order valence-electron chi connectivity index (χ0n) is 18.0. The third kappa shape index (κ3) is 7.58. The van der Waals surface area contributed by atoms with E-state index in [-0.39, 0.29) is 10.8 Å². The van der Waals surface area contributed by atoms with Crippen molar-refractivity contribution >= 4 is 27.3 Å². The molecule has 0 saturated carbocycles. The lowest BCUT2D eigenvalue weighted by Crippen LogP contribution is -2.32. The molecule has 1 aromatic rings. The zero-order chi connectivity index (χ0) is 21.4. The molecular formula is C22H35ClN2O3S. The molecule has 1 aliphatic heterocycles. The summed E-state index contributed by atoms with van der Waals surface area (Å²) >= 11 is 6.20. The van der Waals surface area contributed by atoms with Crippen LogP contribution in [0, 0.1) is 0 Å². The largest absolute Gasteiger partial charge is 0.343 e. The van der Waals surface area contributed by atoms with E-state index in [0.717, 1.165) is 64.0 Å². The van der Waals surface area contributed by atoms with Gasteiger partial charge in [-0.05, 0) is 62.4 Å². The molecule has 1 amide bonds. The van der Waals surface area contributed by atoms with Crippen molar-refractivity contribution in [2.24, 2.45) is 0 Å². The second kappa shape index (κ2) is 11.3. The Labute approximate surface area is 181 Å². The van der Waals surface area contributed by atoms with Gasteiger partial charge in [0, 0.05) is 32.3 Å². The molecule has 1 aromatic carbocycles. The monoisotopic (exact) mass is 442 g/mol. The van der Waals surface area contributed by atoms with Crippen LogP contribution in [0.3, 0.4) is 0 Å². The Bertz CT molecular complexity index is 782. The fourth-order valence-corrected chi connectivity index (χ4v) is 5.25. The molecule has 0 radical (unpaired) electrons. The van der Waals surface area contributed by atoms with E-state index in [9.17, 15) is 13.2 Å². The Hall–Kier alpha value is -1.11. The third-order valence-corrected chi connectivity index (χ3v) is 7.31. The van der Waals surface area contributed by atoms with Gasteiger partial charge in [-0.25, -0.2) is 8.42 Å². The number of sulfone groups is 1. The summed E-state index contributed by atoms with van der Waals surface area (Å²) < 4.78 is 23.5. The second-order valence-electron chi connectivity index (χ2n) is 8.15. The van der Waals surface area contributed by atoms with Crippen LogP contribution < -0.4 is 0 Å². The summed E-state index contributed by atoms with van der Waals surface area (Å²) in [5.41, 5.74) is 1.05. The summed E-state index contributed by atoms with van der Waals surface area (Å²) in [6, 6.07) is 5.26. The van der Waals surface area contributed by atoms with E-state index in [4.69, 9.17) is 11.6 Å². The number of halogens is 1. The minimum atomic E-state index is -3.30. The van der Waals surface area contributed by atoms with Crippen molar-refractivity contribution in [3.05, 3.63) is 28.8 Å². The summed E-state index contributed by atoms with van der Waals surface area (Å²) in [6.45, 7) is 8.94. The van der Waals surface area contributed by atoms with Crippen molar-refractivity contribution in [1.82, 2.24) is 9.80 Å². The van der Waals surface area contributed by atoms with Crippen molar-refractivity contribution < 1.29 is 13.2 Å². The van der Waals surface area contributed by atoms with E-state index in [1.165, 1.54) is 12.7 Å². The molecular weight excluding hydrogens is 408 g/mol. The fraction of sp³-hybridized carbons (Fsp3) is 0.682. The molecule has 164 valence electrons. The molecule has 0 bridgehead atoms. The van der Waals surface area contributed by atoms with E-state index < -0.39 is 9.84 Å². The molecule has 2 rings (SSSR count). The number of carbonyl (C=O) groups excluding carboxylic acids is 1. The van der Waals surface area contributed by atoms with Crippen LogP contribution in [0.1, 0.15) is 63.9 Å². The van der Waals surface area contributed by atoms with Gasteiger partial charge in [-0.1, -0.05) is 37.9 Å². The molecule has 0 aromatic heterocycles. The van der Waals surface area contributed by atoms with Crippen LogP contribution in [0.2, 0.25) is 5.02 Å². The third-order valence-electron chi connectivity index (χ3n) is 5.73. The maximum absolute atomic E-state index is 12.1. The smallest absolute Gasteiger partial charge is 0.222 e. The molecule has 1 heterocycles. The first-order chi connectivity index (χ1) is 13.7. The van der Waals surface area contributed by atoms with E-state index in [1.807, 2.05) is 11.0 Å². The van der Waals surface area contributed by atoms with Gasteiger partial charge >= 0.3 is 0 Å². The highest BCUT2D eigenvalue weighted by atomic mass is 35.5. The number of amides is 1. The lowest BCUT2D eigenvalue weighted by molar-refractivity contribution is -0.130. The predicted octanol–water partition coefficient (Wildman–Crippen LogP) is 4.35. The Morgan fingerprint density at radius 2 is 1.97 bits per heavy atom. The number of likely N-dealkylation sites (N-methyl/N-ethyl adjacent to an activating group) is 1. The number of carbonyl (C=O) groups is 1. The minimum Gasteiger partial charge on any atom is -0.343 e. The van der Waals surface area contributed by atoms with Crippen molar-refractivity contribution in [2.75, 3.05) is 39.0 Å². The van der Waals surface area contributed by atoms with Gasteiger partial charge in [0.2, 0.25) is 5.91 Å². The summed E-state index contributed by atoms with van der Waals surface area (Å²) in [6.07, 6.45) is 7.31. The van der Waals surface area contributed by atoms with Crippen molar-refractivity contribution in [3.8, 4) is 0 Å². The van der Waals surface area contributed by atoms with E-state index in [1.54, 1.807) is 12.1 Å². The first kappa shape index (κ1) is 24.2. The molecule has 0 aliphatic carbocycles. The van der Waals surface area contributed by atoms with Crippen LogP contribution in [-0.2, 0) is 14.6 Å². The Balaban J connectivity index is 1.83. The highest BCUT2D eigenvalue weighted by molar-refractivity contribution is 7.90. The molecule has 29 heavy (non-hydrogen) atoms. The summed E-state index contributed by atoms with van der Waals surface area (Å²) in [5, 5.41) is 0.294. The molecule has 0 N–H and O–H groups in total. The van der Waals surface area contributed by atoms with Crippen LogP contribution in [0.4, 0.5) is 0 Å². The van der Waals surface area contributed by atoms with Crippen molar-refractivity contribution in [3.63, 3.8) is 0 Å². The van der Waals surface area contributed by atoms with Crippen molar-refractivity contribution in [2.45, 2.75) is 63.2 Å². The predicted molar refractivity (Wildman–Crippen MR) is 119 cm³/mol. The number of nitrogens with zero attached hydrogens (tertiary/aromatic N) is 2. The number of hydrogen-bond acceptors (Lipinski definition) is 4. The van der Waals surface area contributed by atoms with Gasteiger partial charge in [0.05, 0.1) is 9.92 Å². The number of unbranched alkanes of at least 4 members (excludes halogenated alkanes) is 1. The van der Waals surface area contributed by atoms with Crippen molar-refractivity contribution in [1.29, 1.82) is 0 Å². The first-order valence-electron chi connectivity index (χ1n) is 10.7. The van der Waals surface area contributed by atoms with Crippen LogP contribution >= 0.6 is 11.6 Å². The van der Waals surface area contributed by atoms with E-state index in [0.29, 0.717) is 17.4 Å². The van der Waals surface area contributed by atoms with Gasteiger partial charge in [-0.3, -0.25) is 4.79 Å². The number of hydrogen-bond donors (Lipinski definition) is 0. The molecule has 1 aliphatic rings. The average molecular weight is 443 g/mol. The molecule has 1 unspecified atom stereocenters. The number of likely N-dealkylation sites (tertiary alicyclic amines) is 1. The molecule has 1 fully saturated rings. The van der Waals surface area contributed by atoms with Gasteiger partial charge in [-0.2, -0.15) is 0 Å². The van der Waals surface area contributed by atoms with E-state index >= 15 is 0 Å². The van der Waals surface area contributed by atoms with Gasteiger partial charge in [0.25, 0.3) is 0 Å². The fourth-order valence-electron chi connectivity index (χ4n) is 3.91. The SMILES string of the molecule is CCN(CCCCN1CCCCCC1=O)CC(C)c1ccc(S(C)(=O)=O)c(Cl)c1. The quantitative estimate of drug-likeness (QED) is 0.505. The minimum absolute atomic E-state index is 0.186. The summed E-state index contributed by atoms with van der Waals surface area (Å²) in [7, 11) is -3.30. The number of rotatable bonds is 10. The maximum Gasteiger partial charge on any atom is 0.222 e. The van der Waals surface area contributed by atoms with Gasteiger partial charge in [0.1, 0.15) is 0 Å². The zero-order valence-corrected chi connectivity index (χ0v) is 19.6. The Morgan fingerprint density at radius 3 is 2.62 bits per heavy atom. The normalized spacial score (nSPS) is 16.9. The Kier molecular flexibility index (Phi) is 9.44. The first-order valence-corrected chi connectivity index (χ1v) is 13.0. The highest BCUT2D eigenvalue weighted by Gasteiger charge is 2.18. The van der Waals surface area contributed by atoms with Gasteiger partial charge in [-0.15, -0.1) is 0 Å². The second-order valence-corrected chi connectivity index (χ2v) is 10.5. The lowest BCUT2D eigenvalue weighted by atomic mass is 10.0. The Morgan fingerprint density at radius 1 is 1.21 bits per heavy atom. The number of benzene rings is 1. The van der Waals surface area contributed by atoms with E-state index in [2.05, 4.69) is 18.7 Å². The standard InChI is InChI=1S/C22H35ClN2O3S/c1-4-24(13-8-9-15-25-14-7-5-6-10-22(25)26)17-18(2)19-11-12-21(20(23)16-19)29(3,27)28/h11-12,16,18H,4-10,13-15,17H2,1-3H3. The topological polar surface area (TPSA) is 57.7 Å². The van der Waals surface area contributed by atoms with Crippen LogP contribution in [0.5, 0.6) is 0 Å². The molecule has 5 nitrogen and oxygen atoms in total. The summed E-state index contributed by atoms with van der Waals surface area (Å²) in [4.78, 5) is 16.7. The van der Waals surface area contributed by atoms with Gasteiger partial charge in [0.15, 0.2) is 9.84 Å². The molecule has 7 heteroatoms. The van der Waals surface area contributed by atoms with Crippen LogP contribution in [0.25, 0.3) is 0 Å². The lowest BCUT2D eigenvalue weighted by Gasteiger charge is -2.26. The summed E-state index contributed by atoms with van der Waals surface area (Å²) in [5.74, 6) is 0.575. The van der Waals surface area contributed by atoms with Gasteiger partial charge < -0.3 is 9.80 Å². The van der Waals surface area contributed by atoms with Crippen LogP contribution in [0.15, 0.2) is 23.1 Å². The average Bonchev–Trinajstić information content (AvgIpc) is 2.87. The van der Waals surface area contributed by atoms with Crippen LogP contribution in [-0.4, -0.2) is 63.1 Å².